The number of nitrogens with one attached hydrogen (secondary N) is 1. The number of rotatable bonds is 8. The Kier molecular flexibility index (Phi) is 7.51. The molecule has 1 saturated carbocycles. The summed E-state index contributed by atoms with van der Waals surface area (Å²) in [6.07, 6.45) is 3.75. The van der Waals surface area contributed by atoms with Crippen LogP contribution in [0.5, 0.6) is 0 Å². The normalized spacial score (nSPS) is 15.3. The molecule has 1 aliphatic rings. The average Bonchev–Trinajstić information content (AvgIpc) is 3.40. The van der Waals surface area contributed by atoms with E-state index in [1.54, 1.807) is 0 Å². The highest BCUT2D eigenvalue weighted by Gasteiger charge is 2.37. The van der Waals surface area contributed by atoms with Gasteiger partial charge >= 0.3 is 0 Å². The first kappa shape index (κ1) is 21.6. The van der Waals surface area contributed by atoms with Gasteiger partial charge in [0, 0.05) is 35.7 Å². The Hall–Kier alpha value is -2.10. The van der Waals surface area contributed by atoms with Crippen molar-refractivity contribution in [1.29, 1.82) is 0 Å². The van der Waals surface area contributed by atoms with E-state index in [1.807, 2.05) is 0 Å². The molecule has 156 valence electrons. The number of ether oxygens (including phenoxy) is 1. The van der Waals surface area contributed by atoms with Gasteiger partial charge in [-0.15, -0.1) is 5.10 Å². The van der Waals surface area contributed by atoms with E-state index in [1.165, 1.54) is 35.6 Å². The van der Waals surface area contributed by atoms with E-state index in [9.17, 15) is 14.0 Å². The van der Waals surface area contributed by atoms with Gasteiger partial charge in [0.05, 0.1) is 6.61 Å². The van der Waals surface area contributed by atoms with Gasteiger partial charge < -0.3 is 15.0 Å². The lowest BCUT2D eigenvalue weighted by Gasteiger charge is -2.32. The molecule has 1 aliphatic carbocycles. The van der Waals surface area contributed by atoms with Gasteiger partial charge in [-0.2, -0.15) is 0 Å². The van der Waals surface area contributed by atoms with E-state index >= 15 is 0 Å². The van der Waals surface area contributed by atoms with Crippen LogP contribution in [0, 0.1) is 5.82 Å². The van der Waals surface area contributed by atoms with E-state index in [0.29, 0.717) is 0 Å². The number of carbonyl (C=O) groups is 2. The summed E-state index contributed by atoms with van der Waals surface area (Å²) in [5.74, 6) is -1.67. The van der Waals surface area contributed by atoms with Gasteiger partial charge in [0.1, 0.15) is 11.9 Å². The SMILES string of the molecule is COCCN(C(=O)c1csnn1)[C@H](C(=O)NC1CCCC1)c1c(F)cccc1Cl. The minimum Gasteiger partial charge on any atom is -0.383 e. The highest BCUT2D eigenvalue weighted by Crippen LogP contribution is 2.32. The molecule has 0 radical (unpaired) electrons. The van der Waals surface area contributed by atoms with Crippen molar-refractivity contribution < 1.29 is 18.7 Å². The number of methoxy groups -OCH3 is 1. The van der Waals surface area contributed by atoms with Crippen molar-refractivity contribution in [2.45, 2.75) is 37.8 Å². The van der Waals surface area contributed by atoms with Crippen LogP contribution in [0.4, 0.5) is 4.39 Å². The summed E-state index contributed by atoms with van der Waals surface area (Å²) < 4.78 is 23.6. The van der Waals surface area contributed by atoms with Crippen LogP contribution < -0.4 is 5.32 Å². The Bertz CT molecular complexity index is 826. The van der Waals surface area contributed by atoms with Crippen molar-refractivity contribution in [3.05, 3.63) is 45.7 Å². The molecule has 10 heteroatoms. The molecule has 0 saturated heterocycles. The predicted octanol–water partition coefficient (Wildman–Crippen LogP) is 3.22. The van der Waals surface area contributed by atoms with E-state index in [-0.39, 0.29) is 35.5 Å². The molecule has 1 fully saturated rings. The molecule has 0 aliphatic heterocycles. The molecular formula is C19H22ClFN4O3S. The fourth-order valence-corrected chi connectivity index (χ4v) is 4.19. The largest absolute Gasteiger partial charge is 0.383 e. The molecule has 0 bridgehead atoms. The topological polar surface area (TPSA) is 84.4 Å². The minimum atomic E-state index is -1.26. The second-order valence-electron chi connectivity index (χ2n) is 6.81. The second kappa shape index (κ2) is 10.1. The number of aromatic nitrogens is 2. The van der Waals surface area contributed by atoms with Crippen LogP contribution in [0.3, 0.4) is 0 Å². The van der Waals surface area contributed by atoms with Crippen LogP contribution in [0.25, 0.3) is 0 Å². The quantitative estimate of drug-likeness (QED) is 0.681. The summed E-state index contributed by atoms with van der Waals surface area (Å²) in [4.78, 5) is 27.6. The molecule has 2 aromatic rings. The van der Waals surface area contributed by atoms with Crippen molar-refractivity contribution in [2.75, 3.05) is 20.3 Å². The van der Waals surface area contributed by atoms with Crippen molar-refractivity contribution in [1.82, 2.24) is 19.8 Å². The summed E-state index contributed by atoms with van der Waals surface area (Å²) >= 11 is 7.29. The molecule has 1 aromatic heterocycles. The van der Waals surface area contributed by atoms with Gasteiger partial charge in [-0.25, -0.2) is 4.39 Å². The van der Waals surface area contributed by atoms with E-state index in [0.717, 1.165) is 37.2 Å². The fraction of sp³-hybridized carbons (Fsp3) is 0.474. The second-order valence-corrected chi connectivity index (χ2v) is 7.83. The predicted molar refractivity (Wildman–Crippen MR) is 107 cm³/mol. The molecule has 1 atom stereocenters. The van der Waals surface area contributed by atoms with E-state index < -0.39 is 23.7 Å². The molecule has 3 rings (SSSR count). The maximum absolute atomic E-state index is 14.8. The number of hydrogen-bond acceptors (Lipinski definition) is 6. The highest BCUT2D eigenvalue weighted by molar-refractivity contribution is 7.03. The van der Waals surface area contributed by atoms with Crippen molar-refractivity contribution in [3.63, 3.8) is 0 Å². The van der Waals surface area contributed by atoms with Crippen molar-refractivity contribution in [3.8, 4) is 0 Å². The monoisotopic (exact) mass is 440 g/mol. The maximum Gasteiger partial charge on any atom is 0.276 e. The summed E-state index contributed by atoms with van der Waals surface area (Å²) in [6, 6.07) is 2.92. The lowest BCUT2D eigenvalue weighted by molar-refractivity contribution is -0.126. The van der Waals surface area contributed by atoms with Crippen LogP contribution in [0.1, 0.15) is 47.8 Å². The van der Waals surface area contributed by atoms with Gasteiger partial charge in [0.2, 0.25) is 5.91 Å². The maximum atomic E-state index is 14.8. The number of hydrogen-bond donors (Lipinski definition) is 1. The zero-order valence-electron chi connectivity index (χ0n) is 15.9. The first-order valence-corrected chi connectivity index (χ1v) is 10.6. The third-order valence-electron chi connectivity index (χ3n) is 4.91. The molecular weight excluding hydrogens is 419 g/mol. The average molecular weight is 441 g/mol. The van der Waals surface area contributed by atoms with Gasteiger partial charge in [-0.05, 0) is 36.5 Å². The third-order valence-corrected chi connectivity index (χ3v) is 5.75. The number of halogens is 2. The Balaban J connectivity index is 2.02. The Morgan fingerprint density at radius 2 is 2.17 bits per heavy atom. The summed E-state index contributed by atoms with van der Waals surface area (Å²) in [5.41, 5.74) is 0.0366. The highest BCUT2D eigenvalue weighted by atomic mass is 35.5. The van der Waals surface area contributed by atoms with Crippen molar-refractivity contribution in [2.24, 2.45) is 0 Å². The third kappa shape index (κ3) is 5.09. The summed E-state index contributed by atoms with van der Waals surface area (Å²) in [5, 5.41) is 8.32. The first-order valence-electron chi connectivity index (χ1n) is 9.34. The smallest absolute Gasteiger partial charge is 0.276 e. The zero-order chi connectivity index (χ0) is 20.8. The Morgan fingerprint density at radius 3 is 2.79 bits per heavy atom. The standard InChI is InChI=1S/C19H22ClFN4O3S/c1-28-10-9-25(19(27)15-11-29-24-23-15)17(16-13(20)7-4-8-14(16)21)18(26)22-12-5-2-3-6-12/h4,7-8,11-12,17H,2-3,5-6,9-10H2,1H3,(H,22,26)/t17-/m0/s1. The molecule has 0 unspecified atom stereocenters. The van der Waals surface area contributed by atoms with E-state index in [4.69, 9.17) is 16.3 Å². The molecule has 29 heavy (non-hydrogen) atoms. The number of nitrogens with zero attached hydrogens (tertiary/aromatic N) is 3. The Labute approximate surface area is 177 Å². The minimum absolute atomic E-state index is 0.00383. The lowest BCUT2D eigenvalue weighted by Crippen LogP contribution is -2.47. The molecule has 1 N–H and O–H groups in total. The molecule has 7 nitrogen and oxygen atoms in total. The van der Waals surface area contributed by atoms with Crippen LogP contribution in [-0.2, 0) is 9.53 Å². The molecule has 2 amide bonds. The van der Waals surface area contributed by atoms with Crippen LogP contribution in [0.2, 0.25) is 5.02 Å². The number of amides is 2. The molecule has 1 aromatic carbocycles. The van der Waals surface area contributed by atoms with Crippen LogP contribution in [0.15, 0.2) is 23.6 Å². The van der Waals surface area contributed by atoms with E-state index in [2.05, 4.69) is 14.9 Å². The van der Waals surface area contributed by atoms with Crippen molar-refractivity contribution >= 4 is 34.9 Å². The lowest BCUT2D eigenvalue weighted by atomic mass is 10.0. The summed E-state index contributed by atoms with van der Waals surface area (Å²) in [6.45, 7) is 0.211. The number of carbonyl (C=O) groups excluding carboxylic acids is 2. The van der Waals surface area contributed by atoms with Gasteiger partial charge in [-0.1, -0.05) is 35.0 Å². The number of benzene rings is 1. The fourth-order valence-electron chi connectivity index (χ4n) is 3.49. The molecule has 0 spiro atoms. The van der Waals surface area contributed by atoms with Gasteiger partial charge in [-0.3, -0.25) is 9.59 Å². The summed E-state index contributed by atoms with van der Waals surface area (Å²) in [7, 11) is 1.48. The van der Waals surface area contributed by atoms with Crippen LogP contribution in [-0.4, -0.2) is 52.6 Å². The zero-order valence-corrected chi connectivity index (χ0v) is 17.5. The first-order chi connectivity index (χ1) is 14.0. The van der Waals surface area contributed by atoms with Crippen LogP contribution >= 0.6 is 23.1 Å². The van der Waals surface area contributed by atoms with Gasteiger partial charge in [0.15, 0.2) is 5.69 Å². The van der Waals surface area contributed by atoms with Gasteiger partial charge in [0.25, 0.3) is 5.91 Å². The molecule has 1 heterocycles. The Morgan fingerprint density at radius 1 is 1.41 bits per heavy atom.